The van der Waals surface area contributed by atoms with E-state index in [1.807, 2.05) is 31.2 Å². The van der Waals surface area contributed by atoms with E-state index in [4.69, 9.17) is 4.74 Å². The van der Waals surface area contributed by atoms with Crippen molar-refractivity contribution >= 4 is 23.2 Å². The molecule has 2 aromatic carbocycles. The lowest BCUT2D eigenvalue weighted by atomic mass is 10.1. The van der Waals surface area contributed by atoms with Gasteiger partial charge < -0.3 is 9.64 Å². The van der Waals surface area contributed by atoms with Crippen LogP contribution in [0.2, 0.25) is 0 Å². The van der Waals surface area contributed by atoms with Crippen molar-refractivity contribution in [2.24, 2.45) is 0 Å². The van der Waals surface area contributed by atoms with Crippen molar-refractivity contribution in [1.29, 1.82) is 0 Å². The number of hydrogen-bond acceptors (Lipinski definition) is 5. The molecule has 2 aromatic rings. The van der Waals surface area contributed by atoms with Crippen LogP contribution in [0.25, 0.3) is 0 Å². The number of nitrogens with zero attached hydrogens (tertiary/aromatic N) is 3. The Balaban J connectivity index is 1.79. The van der Waals surface area contributed by atoms with Gasteiger partial charge in [-0.05, 0) is 24.1 Å². The molecule has 0 fully saturated rings. The maximum atomic E-state index is 12.7. The Bertz CT molecular complexity index is 912. The maximum absolute atomic E-state index is 12.7. The number of fused-ring (bicyclic) bond motifs is 1. The first-order valence-electron chi connectivity index (χ1n) is 8.37. The molecule has 8 nitrogen and oxygen atoms in total. The fourth-order valence-electron chi connectivity index (χ4n) is 2.86. The summed E-state index contributed by atoms with van der Waals surface area (Å²) < 4.78 is 5.32. The standard InChI is InChI=1S/C19H19N3O5/c1-13-5-3-4-6-14(13)10-20(2)18(23)11-21-16-9-15(22(25)26)7-8-17(16)27-12-19(21)24/h3-9H,10-12H2,1-2H3. The summed E-state index contributed by atoms with van der Waals surface area (Å²) in [5.74, 6) is -0.346. The normalized spacial score (nSPS) is 13.0. The number of hydrogen-bond donors (Lipinski definition) is 0. The molecule has 0 aromatic heterocycles. The van der Waals surface area contributed by atoms with Crippen molar-refractivity contribution in [1.82, 2.24) is 4.90 Å². The number of nitro groups is 1. The predicted octanol–water partition coefficient (Wildman–Crippen LogP) is 2.29. The predicted molar refractivity (Wildman–Crippen MR) is 98.6 cm³/mol. The van der Waals surface area contributed by atoms with Crippen LogP contribution in [0.4, 0.5) is 11.4 Å². The molecular formula is C19H19N3O5. The highest BCUT2D eigenvalue weighted by Gasteiger charge is 2.30. The van der Waals surface area contributed by atoms with Crippen LogP contribution in [-0.2, 0) is 16.1 Å². The van der Waals surface area contributed by atoms with Crippen LogP contribution >= 0.6 is 0 Å². The molecule has 1 aliphatic heterocycles. The van der Waals surface area contributed by atoms with Crippen LogP contribution < -0.4 is 9.64 Å². The molecule has 0 radical (unpaired) electrons. The smallest absolute Gasteiger partial charge is 0.271 e. The topological polar surface area (TPSA) is 93.0 Å². The minimum atomic E-state index is -0.552. The van der Waals surface area contributed by atoms with Crippen molar-refractivity contribution in [2.75, 3.05) is 25.1 Å². The Kier molecular flexibility index (Phi) is 5.07. The van der Waals surface area contributed by atoms with Gasteiger partial charge in [0, 0.05) is 25.7 Å². The maximum Gasteiger partial charge on any atom is 0.271 e. The highest BCUT2D eigenvalue weighted by Crippen LogP contribution is 2.35. The van der Waals surface area contributed by atoms with Gasteiger partial charge in [-0.3, -0.25) is 24.6 Å². The summed E-state index contributed by atoms with van der Waals surface area (Å²) in [4.78, 5) is 38.2. The number of rotatable bonds is 5. The van der Waals surface area contributed by atoms with Crippen molar-refractivity contribution in [2.45, 2.75) is 13.5 Å². The van der Waals surface area contributed by atoms with Gasteiger partial charge in [0.2, 0.25) is 5.91 Å². The van der Waals surface area contributed by atoms with Crippen LogP contribution in [0.3, 0.4) is 0 Å². The average Bonchev–Trinajstić information content (AvgIpc) is 2.65. The summed E-state index contributed by atoms with van der Waals surface area (Å²) in [5, 5.41) is 11.0. The van der Waals surface area contributed by atoms with Crippen molar-refractivity contribution < 1.29 is 19.2 Å². The van der Waals surface area contributed by atoms with Crippen LogP contribution in [0.5, 0.6) is 5.75 Å². The Morgan fingerprint density at radius 3 is 2.74 bits per heavy atom. The Morgan fingerprint density at radius 1 is 1.30 bits per heavy atom. The zero-order valence-corrected chi connectivity index (χ0v) is 15.0. The molecule has 0 aliphatic carbocycles. The number of likely N-dealkylation sites (N-methyl/N-ethyl adjacent to an activating group) is 1. The molecule has 2 amide bonds. The molecular weight excluding hydrogens is 350 g/mol. The molecule has 1 heterocycles. The lowest BCUT2D eigenvalue weighted by molar-refractivity contribution is -0.384. The SMILES string of the molecule is Cc1ccccc1CN(C)C(=O)CN1C(=O)COc2ccc([N+](=O)[O-])cc21. The molecule has 0 saturated carbocycles. The Hall–Kier alpha value is -3.42. The first-order valence-corrected chi connectivity index (χ1v) is 8.37. The number of anilines is 1. The lowest BCUT2D eigenvalue weighted by Gasteiger charge is -2.30. The first-order chi connectivity index (χ1) is 12.9. The number of amides is 2. The Labute approximate surface area is 156 Å². The van der Waals surface area contributed by atoms with Crippen LogP contribution in [0.15, 0.2) is 42.5 Å². The molecule has 8 heteroatoms. The van der Waals surface area contributed by atoms with E-state index in [-0.39, 0.29) is 30.4 Å². The third kappa shape index (κ3) is 3.89. The summed E-state index contributed by atoms with van der Waals surface area (Å²) in [7, 11) is 1.66. The van der Waals surface area contributed by atoms with Crippen LogP contribution in [0, 0.1) is 17.0 Å². The molecule has 0 spiro atoms. The van der Waals surface area contributed by atoms with Gasteiger partial charge in [-0.2, -0.15) is 0 Å². The second-order valence-corrected chi connectivity index (χ2v) is 6.35. The summed E-state index contributed by atoms with van der Waals surface area (Å²) in [6, 6.07) is 11.7. The monoisotopic (exact) mass is 369 g/mol. The molecule has 0 atom stereocenters. The first kappa shape index (κ1) is 18.4. The number of benzene rings is 2. The fraction of sp³-hybridized carbons (Fsp3) is 0.263. The molecule has 0 saturated heterocycles. The van der Waals surface area contributed by atoms with Crippen LogP contribution in [0.1, 0.15) is 11.1 Å². The second kappa shape index (κ2) is 7.45. The van der Waals surface area contributed by atoms with Crippen molar-refractivity contribution in [3.8, 4) is 5.75 Å². The number of carbonyl (C=O) groups is 2. The minimum Gasteiger partial charge on any atom is -0.482 e. The number of non-ortho nitro benzene ring substituents is 1. The summed E-state index contributed by atoms with van der Waals surface area (Å²) in [6.07, 6.45) is 0. The van der Waals surface area contributed by atoms with E-state index in [0.717, 1.165) is 11.1 Å². The molecule has 27 heavy (non-hydrogen) atoms. The van der Waals surface area contributed by atoms with Gasteiger partial charge >= 0.3 is 0 Å². The van der Waals surface area contributed by atoms with Crippen molar-refractivity contribution in [3.63, 3.8) is 0 Å². The average molecular weight is 369 g/mol. The van der Waals surface area contributed by atoms with E-state index in [0.29, 0.717) is 12.3 Å². The number of ether oxygens (including phenoxy) is 1. The number of carbonyl (C=O) groups excluding carboxylic acids is 2. The zero-order chi connectivity index (χ0) is 19.6. The zero-order valence-electron chi connectivity index (χ0n) is 15.0. The summed E-state index contributed by atoms with van der Waals surface area (Å²) >= 11 is 0. The van der Waals surface area contributed by atoms with E-state index >= 15 is 0 Å². The molecule has 0 bridgehead atoms. The van der Waals surface area contributed by atoms with Gasteiger partial charge in [0.05, 0.1) is 10.6 Å². The van der Waals surface area contributed by atoms with Crippen LogP contribution in [-0.4, -0.2) is 41.8 Å². The molecule has 3 rings (SSSR count). The minimum absolute atomic E-state index is 0.169. The van der Waals surface area contributed by atoms with E-state index in [9.17, 15) is 19.7 Å². The summed E-state index contributed by atoms with van der Waals surface area (Å²) in [6.45, 7) is 1.96. The van der Waals surface area contributed by atoms with E-state index in [1.165, 1.54) is 28.0 Å². The molecule has 0 unspecified atom stereocenters. The third-order valence-electron chi connectivity index (χ3n) is 4.48. The second-order valence-electron chi connectivity index (χ2n) is 6.35. The van der Waals surface area contributed by atoms with Gasteiger partial charge in [0.1, 0.15) is 12.3 Å². The van der Waals surface area contributed by atoms with E-state index in [2.05, 4.69) is 0 Å². The summed E-state index contributed by atoms with van der Waals surface area (Å²) in [5.41, 5.74) is 2.15. The fourth-order valence-corrected chi connectivity index (χ4v) is 2.86. The third-order valence-corrected chi connectivity index (χ3v) is 4.48. The molecule has 1 aliphatic rings. The quantitative estimate of drug-likeness (QED) is 0.595. The van der Waals surface area contributed by atoms with Gasteiger partial charge in [-0.15, -0.1) is 0 Å². The van der Waals surface area contributed by atoms with Crippen molar-refractivity contribution in [3.05, 3.63) is 63.7 Å². The van der Waals surface area contributed by atoms with Gasteiger partial charge in [0.15, 0.2) is 6.61 Å². The largest absolute Gasteiger partial charge is 0.482 e. The van der Waals surface area contributed by atoms with E-state index < -0.39 is 10.8 Å². The van der Waals surface area contributed by atoms with Gasteiger partial charge in [-0.1, -0.05) is 24.3 Å². The molecule has 0 N–H and O–H groups in total. The lowest BCUT2D eigenvalue weighted by Crippen LogP contribution is -2.45. The molecule has 140 valence electrons. The number of nitro benzene ring substituents is 1. The number of aryl methyl sites for hydroxylation is 1. The highest BCUT2D eigenvalue weighted by molar-refractivity contribution is 6.02. The highest BCUT2D eigenvalue weighted by atomic mass is 16.6. The van der Waals surface area contributed by atoms with E-state index in [1.54, 1.807) is 7.05 Å². The van der Waals surface area contributed by atoms with Gasteiger partial charge in [-0.25, -0.2) is 0 Å². The van der Waals surface area contributed by atoms with Gasteiger partial charge in [0.25, 0.3) is 11.6 Å². The Morgan fingerprint density at radius 2 is 2.04 bits per heavy atom.